The summed E-state index contributed by atoms with van der Waals surface area (Å²) in [4.78, 5) is 1.28. The molecule has 2 N–H and O–H groups in total. The maximum atomic E-state index is 4.30. The fourth-order valence-electron chi connectivity index (χ4n) is 1.66. The number of hydrogen-bond acceptors (Lipinski definition) is 3. The van der Waals surface area contributed by atoms with E-state index < -0.39 is 0 Å². The summed E-state index contributed by atoms with van der Waals surface area (Å²) in [5, 5.41) is 11.9. The van der Waals surface area contributed by atoms with E-state index in [4.69, 9.17) is 0 Å². The molecule has 0 aliphatic carbocycles. The smallest absolute Gasteiger partial charge is 0.108 e. The lowest BCUT2D eigenvalue weighted by Gasteiger charge is -1.97. The third-order valence-corrected chi connectivity index (χ3v) is 3.34. The number of rotatable bonds is 0. The van der Waals surface area contributed by atoms with Gasteiger partial charge in [0.15, 0.2) is 0 Å². The number of anilines is 1. The first-order chi connectivity index (χ1) is 6.36. The minimum Gasteiger partial charge on any atom is -0.375 e. The summed E-state index contributed by atoms with van der Waals surface area (Å²) in [7, 11) is 0. The van der Waals surface area contributed by atoms with Crippen LogP contribution in [0.25, 0.3) is 10.9 Å². The van der Waals surface area contributed by atoms with Crippen molar-refractivity contribution >= 4 is 28.4 Å². The van der Waals surface area contributed by atoms with E-state index in [-0.39, 0.29) is 0 Å². The van der Waals surface area contributed by atoms with Gasteiger partial charge in [0, 0.05) is 11.1 Å². The van der Waals surface area contributed by atoms with Gasteiger partial charge in [0.1, 0.15) is 5.52 Å². The van der Waals surface area contributed by atoms with Crippen LogP contribution in [0.1, 0.15) is 5.69 Å². The van der Waals surface area contributed by atoms with E-state index >= 15 is 0 Å². The van der Waals surface area contributed by atoms with Gasteiger partial charge in [-0.2, -0.15) is 5.10 Å². The Bertz CT molecular complexity index is 475. The first kappa shape index (κ1) is 7.26. The SMILES string of the molecule is Cc1[nH]nc2c3c(ccc12)NCS3. The summed E-state index contributed by atoms with van der Waals surface area (Å²) in [6.45, 7) is 2.05. The Balaban J connectivity index is 2.44. The number of H-pyrrole nitrogens is 1. The van der Waals surface area contributed by atoms with Crippen molar-refractivity contribution in [2.45, 2.75) is 11.8 Å². The van der Waals surface area contributed by atoms with E-state index in [1.807, 2.05) is 11.8 Å². The highest BCUT2D eigenvalue weighted by Crippen LogP contribution is 2.38. The molecular formula is C9H9N3S. The van der Waals surface area contributed by atoms with Crippen molar-refractivity contribution in [3.63, 3.8) is 0 Å². The Labute approximate surface area is 79.9 Å². The highest BCUT2D eigenvalue weighted by molar-refractivity contribution is 8.00. The number of aromatic amines is 1. The summed E-state index contributed by atoms with van der Waals surface area (Å²) in [5.41, 5.74) is 3.46. The van der Waals surface area contributed by atoms with Gasteiger partial charge in [-0.15, -0.1) is 11.8 Å². The van der Waals surface area contributed by atoms with Crippen molar-refractivity contribution in [1.82, 2.24) is 10.2 Å². The van der Waals surface area contributed by atoms with Crippen LogP contribution in [0.15, 0.2) is 17.0 Å². The second-order valence-corrected chi connectivity index (χ2v) is 4.14. The Morgan fingerprint density at radius 3 is 3.31 bits per heavy atom. The normalized spacial score (nSPS) is 14.5. The molecule has 1 aliphatic heterocycles. The summed E-state index contributed by atoms with van der Waals surface area (Å²) in [5.74, 6) is 0.959. The van der Waals surface area contributed by atoms with E-state index in [9.17, 15) is 0 Å². The molecule has 1 aliphatic rings. The molecule has 0 fully saturated rings. The molecule has 13 heavy (non-hydrogen) atoms. The molecule has 3 nitrogen and oxygen atoms in total. The van der Waals surface area contributed by atoms with Crippen molar-refractivity contribution in [3.05, 3.63) is 17.8 Å². The lowest BCUT2D eigenvalue weighted by Crippen LogP contribution is -1.87. The van der Waals surface area contributed by atoms with E-state index in [1.54, 1.807) is 0 Å². The molecule has 0 unspecified atom stereocenters. The van der Waals surface area contributed by atoms with Crippen LogP contribution >= 0.6 is 11.8 Å². The van der Waals surface area contributed by atoms with Crippen LogP contribution in [0.4, 0.5) is 5.69 Å². The van der Waals surface area contributed by atoms with Gasteiger partial charge in [-0.3, -0.25) is 5.10 Å². The maximum Gasteiger partial charge on any atom is 0.108 e. The Morgan fingerprint density at radius 1 is 1.46 bits per heavy atom. The molecule has 0 spiro atoms. The molecule has 0 atom stereocenters. The largest absolute Gasteiger partial charge is 0.375 e. The molecule has 0 saturated carbocycles. The monoisotopic (exact) mass is 191 g/mol. The van der Waals surface area contributed by atoms with Crippen LogP contribution < -0.4 is 5.32 Å². The Hall–Kier alpha value is -1.16. The molecule has 0 radical (unpaired) electrons. The summed E-state index contributed by atoms with van der Waals surface area (Å²) < 4.78 is 0. The van der Waals surface area contributed by atoms with Gasteiger partial charge in [0.2, 0.25) is 0 Å². The van der Waals surface area contributed by atoms with Gasteiger partial charge in [0.25, 0.3) is 0 Å². The lowest BCUT2D eigenvalue weighted by molar-refractivity contribution is 1.06. The molecule has 0 saturated heterocycles. The number of hydrogen-bond donors (Lipinski definition) is 2. The topological polar surface area (TPSA) is 40.7 Å². The van der Waals surface area contributed by atoms with Crippen molar-refractivity contribution in [3.8, 4) is 0 Å². The number of aromatic nitrogens is 2. The van der Waals surface area contributed by atoms with Crippen molar-refractivity contribution in [2.75, 3.05) is 11.2 Å². The number of nitrogens with one attached hydrogen (secondary N) is 2. The van der Waals surface area contributed by atoms with Crippen molar-refractivity contribution in [1.29, 1.82) is 0 Å². The van der Waals surface area contributed by atoms with E-state index in [1.165, 1.54) is 16.0 Å². The highest BCUT2D eigenvalue weighted by atomic mass is 32.2. The minimum atomic E-state index is 0.959. The van der Waals surface area contributed by atoms with Gasteiger partial charge in [-0.25, -0.2) is 0 Å². The standard InChI is InChI=1S/C9H9N3S/c1-5-6-2-3-7-9(13-4-10-7)8(6)12-11-5/h2-3,10H,4H2,1H3,(H,11,12). The average Bonchev–Trinajstić information content (AvgIpc) is 2.70. The molecule has 2 aromatic rings. The van der Waals surface area contributed by atoms with Crippen LogP contribution in [0.5, 0.6) is 0 Å². The van der Waals surface area contributed by atoms with Crippen LogP contribution in [-0.4, -0.2) is 16.1 Å². The molecule has 3 rings (SSSR count). The van der Waals surface area contributed by atoms with Crippen molar-refractivity contribution < 1.29 is 0 Å². The second kappa shape index (κ2) is 2.42. The molecule has 66 valence electrons. The molecule has 1 aromatic heterocycles. The van der Waals surface area contributed by atoms with Gasteiger partial charge in [0.05, 0.1) is 16.5 Å². The third kappa shape index (κ3) is 0.891. The molecule has 0 bridgehead atoms. The maximum absolute atomic E-state index is 4.30. The Morgan fingerprint density at radius 2 is 2.38 bits per heavy atom. The fourth-order valence-corrected chi connectivity index (χ4v) is 2.62. The zero-order valence-corrected chi connectivity index (χ0v) is 8.03. The summed E-state index contributed by atoms with van der Waals surface area (Å²) >= 11 is 1.82. The van der Waals surface area contributed by atoms with Gasteiger partial charge in [-0.1, -0.05) is 0 Å². The number of benzene rings is 1. The fraction of sp³-hybridized carbons (Fsp3) is 0.222. The number of fused-ring (bicyclic) bond motifs is 3. The van der Waals surface area contributed by atoms with Crippen molar-refractivity contribution in [2.24, 2.45) is 0 Å². The van der Waals surface area contributed by atoms with Crippen LogP contribution in [-0.2, 0) is 0 Å². The predicted molar refractivity (Wildman–Crippen MR) is 55.2 cm³/mol. The molecular weight excluding hydrogens is 182 g/mol. The lowest BCUT2D eigenvalue weighted by atomic mass is 10.2. The molecule has 0 amide bonds. The van der Waals surface area contributed by atoms with Crippen LogP contribution in [0.3, 0.4) is 0 Å². The summed E-state index contributed by atoms with van der Waals surface area (Å²) in [6.07, 6.45) is 0. The van der Waals surface area contributed by atoms with Gasteiger partial charge in [-0.05, 0) is 19.1 Å². The molecule has 1 aromatic carbocycles. The van der Waals surface area contributed by atoms with E-state index in [0.717, 1.165) is 17.1 Å². The van der Waals surface area contributed by atoms with Crippen LogP contribution in [0, 0.1) is 6.92 Å². The van der Waals surface area contributed by atoms with Crippen LogP contribution in [0.2, 0.25) is 0 Å². The average molecular weight is 191 g/mol. The van der Waals surface area contributed by atoms with E-state index in [0.29, 0.717) is 0 Å². The molecule has 4 heteroatoms. The number of thioether (sulfide) groups is 1. The second-order valence-electron chi connectivity index (χ2n) is 3.15. The number of nitrogens with zero attached hydrogens (tertiary/aromatic N) is 1. The first-order valence-electron chi connectivity index (χ1n) is 4.20. The molecule has 2 heterocycles. The first-order valence-corrected chi connectivity index (χ1v) is 5.19. The zero-order valence-electron chi connectivity index (χ0n) is 7.22. The summed E-state index contributed by atoms with van der Waals surface area (Å²) in [6, 6.07) is 4.24. The third-order valence-electron chi connectivity index (χ3n) is 2.35. The number of aryl methyl sites for hydroxylation is 1. The van der Waals surface area contributed by atoms with E-state index in [2.05, 4.69) is 34.6 Å². The minimum absolute atomic E-state index is 0.959. The highest BCUT2D eigenvalue weighted by Gasteiger charge is 2.16. The zero-order chi connectivity index (χ0) is 8.84. The predicted octanol–water partition coefficient (Wildman–Crippen LogP) is 2.35. The van der Waals surface area contributed by atoms with Gasteiger partial charge < -0.3 is 5.32 Å². The van der Waals surface area contributed by atoms with Gasteiger partial charge >= 0.3 is 0 Å². The quantitative estimate of drug-likeness (QED) is 0.671. The Kier molecular flexibility index (Phi) is 1.35.